The summed E-state index contributed by atoms with van der Waals surface area (Å²) in [6.07, 6.45) is 0. The molecule has 2 rings (SSSR count). The van der Waals surface area contributed by atoms with Gasteiger partial charge in [-0.2, -0.15) is 0 Å². The van der Waals surface area contributed by atoms with E-state index in [9.17, 15) is 20.0 Å². The fourth-order valence-electron chi connectivity index (χ4n) is 1.71. The van der Waals surface area contributed by atoms with Gasteiger partial charge in [0.25, 0.3) is 5.09 Å². The number of para-hydroxylation sites is 1. The Morgan fingerprint density at radius 2 is 2.05 bits per heavy atom. The highest BCUT2D eigenvalue weighted by atomic mass is 16.9. The quantitative estimate of drug-likeness (QED) is 0.511. The van der Waals surface area contributed by atoms with Crippen LogP contribution in [0, 0.1) is 17.0 Å². The summed E-state index contributed by atoms with van der Waals surface area (Å²) in [5.74, 6) is -0.718. The van der Waals surface area contributed by atoms with Crippen molar-refractivity contribution in [1.82, 2.24) is 4.98 Å². The van der Waals surface area contributed by atoms with E-state index in [0.29, 0.717) is 11.4 Å². The van der Waals surface area contributed by atoms with Gasteiger partial charge in [0, 0.05) is 0 Å². The van der Waals surface area contributed by atoms with E-state index in [4.69, 9.17) is 4.74 Å². The summed E-state index contributed by atoms with van der Waals surface area (Å²) in [5, 5.41) is 18.8. The van der Waals surface area contributed by atoms with Gasteiger partial charge in [0.2, 0.25) is 0 Å². The minimum atomic E-state index is -0.914. The molecule has 0 aliphatic rings. The highest BCUT2D eigenvalue weighted by molar-refractivity contribution is 5.93. The van der Waals surface area contributed by atoms with E-state index < -0.39 is 11.1 Å². The lowest BCUT2D eigenvalue weighted by Gasteiger charge is -2.09. The average molecular weight is 304 g/mol. The van der Waals surface area contributed by atoms with E-state index in [1.54, 1.807) is 19.1 Å². The molecule has 0 unspecified atom stereocenters. The molecule has 0 saturated heterocycles. The Morgan fingerprint density at radius 1 is 1.32 bits per heavy atom. The Morgan fingerprint density at radius 3 is 2.68 bits per heavy atom. The molecule has 0 atom stereocenters. The largest absolute Gasteiger partial charge is 0.507 e. The number of nitrogens with zero attached hydrogens (tertiary/aromatic N) is 2. The molecule has 0 aliphatic carbocycles. The maximum atomic E-state index is 12.0. The van der Waals surface area contributed by atoms with E-state index in [1.165, 1.54) is 24.3 Å². The molecule has 22 heavy (non-hydrogen) atoms. The molecule has 1 aromatic carbocycles. The first-order valence-electron chi connectivity index (χ1n) is 6.21. The maximum absolute atomic E-state index is 12.0. The van der Waals surface area contributed by atoms with Crippen molar-refractivity contribution in [2.45, 2.75) is 13.5 Å². The molecule has 0 saturated carbocycles. The van der Waals surface area contributed by atoms with Gasteiger partial charge in [0.05, 0.1) is 11.4 Å². The van der Waals surface area contributed by atoms with Crippen LogP contribution in [0.1, 0.15) is 21.7 Å². The summed E-state index contributed by atoms with van der Waals surface area (Å²) < 4.78 is 5.16. The lowest BCUT2D eigenvalue weighted by Crippen LogP contribution is -2.10. The molecule has 8 nitrogen and oxygen atoms in total. The number of pyridine rings is 1. The number of ether oxygens (including phenoxy) is 1. The number of hydrogen-bond acceptors (Lipinski definition) is 7. The highest BCUT2D eigenvalue weighted by Crippen LogP contribution is 2.21. The summed E-state index contributed by atoms with van der Waals surface area (Å²) in [6.45, 7) is 1.30. The summed E-state index contributed by atoms with van der Waals surface area (Å²) in [6, 6.07) is 8.89. The van der Waals surface area contributed by atoms with E-state index in [2.05, 4.69) is 9.82 Å². The number of aromatic nitrogens is 1. The summed E-state index contributed by atoms with van der Waals surface area (Å²) in [5.41, 5.74) is 0.729. The number of rotatable bonds is 5. The van der Waals surface area contributed by atoms with Crippen molar-refractivity contribution in [3.63, 3.8) is 0 Å². The van der Waals surface area contributed by atoms with E-state index in [-0.39, 0.29) is 23.7 Å². The highest BCUT2D eigenvalue weighted by Gasteiger charge is 2.14. The molecule has 1 heterocycles. The van der Waals surface area contributed by atoms with Crippen molar-refractivity contribution in [2.75, 3.05) is 0 Å². The number of carbonyl (C=O) groups excluding carboxylic acids is 1. The van der Waals surface area contributed by atoms with Crippen molar-refractivity contribution in [3.05, 3.63) is 63.5 Å². The molecule has 0 fully saturated rings. The third-order valence-electron chi connectivity index (χ3n) is 2.74. The van der Waals surface area contributed by atoms with Gasteiger partial charge in [-0.05, 0) is 31.2 Å². The number of benzene rings is 1. The van der Waals surface area contributed by atoms with Gasteiger partial charge in [-0.25, -0.2) is 4.79 Å². The van der Waals surface area contributed by atoms with Crippen molar-refractivity contribution < 1.29 is 24.6 Å². The monoisotopic (exact) mass is 304 g/mol. The SMILES string of the molecule is Cc1nc(CO[N+](=O)[O-])ccc1OC(=O)c1ccccc1O. The lowest BCUT2D eigenvalue weighted by molar-refractivity contribution is -0.763. The van der Waals surface area contributed by atoms with Crippen LogP contribution in [0.5, 0.6) is 11.5 Å². The van der Waals surface area contributed by atoms with Crippen molar-refractivity contribution in [2.24, 2.45) is 0 Å². The second-order valence-corrected chi connectivity index (χ2v) is 4.29. The predicted molar refractivity (Wildman–Crippen MR) is 73.8 cm³/mol. The first-order chi connectivity index (χ1) is 10.5. The Labute approximate surface area is 125 Å². The number of hydrogen-bond donors (Lipinski definition) is 1. The minimum Gasteiger partial charge on any atom is -0.507 e. The van der Waals surface area contributed by atoms with Crippen molar-refractivity contribution >= 4 is 5.97 Å². The zero-order chi connectivity index (χ0) is 16.1. The lowest BCUT2D eigenvalue weighted by atomic mass is 10.2. The number of phenolic OH excluding ortho intramolecular Hbond substituents is 1. The zero-order valence-corrected chi connectivity index (χ0v) is 11.6. The summed E-state index contributed by atoms with van der Waals surface area (Å²) in [7, 11) is 0. The van der Waals surface area contributed by atoms with Crippen LogP contribution in [-0.4, -0.2) is 21.1 Å². The molecule has 0 amide bonds. The van der Waals surface area contributed by atoms with Gasteiger partial charge in [-0.15, -0.1) is 10.1 Å². The van der Waals surface area contributed by atoms with Crippen LogP contribution in [0.15, 0.2) is 36.4 Å². The Hall–Kier alpha value is -3.16. The summed E-state index contributed by atoms with van der Waals surface area (Å²) >= 11 is 0. The first kappa shape index (κ1) is 15.2. The number of aryl methyl sites for hydroxylation is 1. The van der Waals surface area contributed by atoms with Crippen LogP contribution in [-0.2, 0) is 11.4 Å². The molecule has 1 N–H and O–H groups in total. The van der Waals surface area contributed by atoms with Crippen molar-refractivity contribution in [1.29, 1.82) is 0 Å². The third kappa shape index (κ3) is 3.69. The molecule has 8 heteroatoms. The van der Waals surface area contributed by atoms with Crippen LogP contribution in [0.2, 0.25) is 0 Å². The topological polar surface area (TPSA) is 112 Å². The van der Waals surface area contributed by atoms with Gasteiger partial charge < -0.3 is 14.7 Å². The van der Waals surface area contributed by atoms with Crippen LogP contribution in [0.4, 0.5) is 0 Å². The Bertz CT molecular complexity index is 716. The predicted octanol–water partition coefficient (Wildman–Crippen LogP) is 2.02. The zero-order valence-electron chi connectivity index (χ0n) is 11.6. The third-order valence-corrected chi connectivity index (χ3v) is 2.74. The van der Waals surface area contributed by atoms with Gasteiger partial charge >= 0.3 is 5.97 Å². The van der Waals surface area contributed by atoms with Gasteiger partial charge in [-0.3, -0.25) is 4.98 Å². The molecule has 0 spiro atoms. The minimum absolute atomic E-state index is 0.0302. The molecule has 0 bridgehead atoms. The molecular weight excluding hydrogens is 292 g/mol. The molecular formula is C14H12N2O6. The standard InChI is InChI=1S/C14H12N2O6/c1-9-13(7-6-10(15-9)8-21-16(19)20)22-14(18)11-4-2-3-5-12(11)17/h2-7,17H,8H2,1H3. The Balaban J connectivity index is 2.12. The molecule has 0 aliphatic heterocycles. The molecule has 1 aromatic heterocycles. The molecule has 2 aromatic rings. The number of carbonyl (C=O) groups is 1. The number of aromatic hydroxyl groups is 1. The van der Waals surface area contributed by atoms with Crippen LogP contribution in [0.3, 0.4) is 0 Å². The van der Waals surface area contributed by atoms with Gasteiger partial charge in [0.1, 0.15) is 17.9 Å². The van der Waals surface area contributed by atoms with E-state index >= 15 is 0 Å². The van der Waals surface area contributed by atoms with Gasteiger partial charge in [0.15, 0.2) is 5.75 Å². The molecule has 0 radical (unpaired) electrons. The van der Waals surface area contributed by atoms with Crippen molar-refractivity contribution in [3.8, 4) is 11.5 Å². The second-order valence-electron chi connectivity index (χ2n) is 4.29. The average Bonchev–Trinajstić information content (AvgIpc) is 2.48. The van der Waals surface area contributed by atoms with Crippen LogP contribution >= 0.6 is 0 Å². The number of phenols is 1. The fraction of sp³-hybridized carbons (Fsp3) is 0.143. The van der Waals surface area contributed by atoms with Gasteiger partial charge in [-0.1, -0.05) is 12.1 Å². The normalized spacial score (nSPS) is 10.0. The Kier molecular flexibility index (Phi) is 4.52. The maximum Gasteiger partial charge on any atom is 0.347 e. The molecule has 114 valence electrons. The second kappa shape index (κ2) is 6.53. The van der Waals surface area contributed by atoms with E-state index in [0.717, 1.165) is 0 Å². The number of esters is 1. The van der Waals surface area contributed by atoms with E-state index in [1.807, 2.05) is 0 Å². The van der Waals surface area contributed by atoms with Crippen LogP contribution in [0.25, 0.3) is 0 Å². The summed E-state index contributed by atoms with van der Waals surface area (Å²) in [4.78, 5) is 30.3. The first-order valence-corrected chi connectivity index (χ1v) is 6.21. The smallest absolute Gasteiger partial charge is 0.347 e. The fourth-order valence-corrected chi connectivity index (χ4v) is 1.71. The van der Waals surface area contributed by atoms with Crippen LogP contribution < -0.4 is 4.74 Å².